The fraction of sp³-hybridized carbons (Fsp3) is 0.250. The topological polar surface area (TPSA) is 57.5 Å². The van der Waals surface area contributed by atoms with Crippen LogP contribution in [0.3, 0.4) is 0 Å². The number of carbonyl (C=O) groups is 1. The van der Waals surface area contributed by atoms with Crippen molar-refractivity contribution in [3.63, 3.8) is 0 Å². The van der Waals surface area contributed by atoms with E-state index >= 15 is 0 Å². The average molecular weight is 100 g/mol. The highest BCUT2D eigenvalue weighted by Gasteiger charge is 1.78. The first-order valence-corrected chi connectivity index (χ1v) is 1.60. The van der Waals surface area contributed by atoms with Gasteiger partial charge in [-0.2, -0.15) is 0 Å². The van der Waals surface area contributed by atoms with Crippen LogP contribution in [0.4, 0.5) is 0 Å². The molecular weight excluding hydrogens is 96.0 g/mol. The molecular formula is C4H4O3. The van der Waals surface area contributed by atoms with E-state index in [-0.39, 0.29) is 0 Å². The second-order valence-electron chi connectivity index (χ2n) is 0.765. The maximum atomic E-state index is 9.47. The Kier molecular flexibility index (Phi) is 2.73. The van der Waals surface area contributed by atoms with Crippen molar-refractivity contribution >= 4 is 5.97 Å². The van der Waals surface area contributed by atoms with Crippen LogP contribution in [0, 0.1) is 11.8 Å². The summed E-state index contributed by atoms with van der Waals surface area (Å²) in [5.74, 6) is 2.45. The van der Waals surface area contributed by atoms with Gasteiger partial charge in [0, 0.05) is 5.92 Å². The third kappa shape index (κ3) is 4.99. The largest absolute Gasteiger partial charge is 0.472 e. The Morgan fingerprint density at radius 1 is 1.71 bits per heavy atom. The molecule has 0 radical (unpaired) electrons. The molecule has 0 unspecified atom stereocenters. The predicted octanol–water partition coefficient (Wildman–Crippen LogP) is -0.933. The number of carboxylic acid groups (broad SMARTS) is 1. The fourth-order valence-corrected chi connectivity index (χ4v) is 0.115. The summed E-state index contributed by atoms with van der Waals surface area (Å²) in [4.78, 5) is 9.47. The molecule has 0 saturated carbocycles. The smallest absolute Gasteiger partial charge is 0.381 e. The quantitative estimate of drug-likeness (QED) is 0.386. The molecule has 0 saturated heterocycles. The van der Waals surface area contributed by atoms with Crippen molar-refractivity contribution in [2.45, 2.75) is 0 Å². The van der Waals surface area contributed by atoms with E-state index < -0.39 is 12.6 Å². The lowest BCUT2D eigenvalue weighted by molar-refractivity contribution is -0.130. The monoisotopic (exact) mass is 100 g/mol. The number of carboxylic acids is 1. The Balaban J connectivity index is 3.45. The molecule has 0 heterocycles. The number of aliphatic hydroxyl groups excluding tert-OH is 1. The highest BCUT2D eigenvalue weighted by molar-refractivity contribution is 5.86. The first kappa shape index (κ1) is 5.99. The van der Waals surface area contributed by atoms with Gasteiger partial charge in [-0.3, -0.25) is 0 Å². The molecule has 2 N–H and O–H groups in total. The van der Waals surface area contributed by atoms with Gasteiger partial charge in [0.15, 0.2) is 0 Å². The zero-order valence-electron chi connectivity index (χ0n) is 3.51. The molecule has 0 fully saturated rings. The van der Waals surface area contributed by atoms with Crippen molar-refractivity contribution in [3.8, 4) is 11.8 Å². The van der Waals surface area contributed by atoms with Crippen molar-refractivity contribution in [3.05, 3.63) is 0 Å². The summed E-state index contributed by atoms with van der Waals surface area (Å²) >= 11 is 0. The number of hydrogen-bond acceptors (Lipinski definition) is 2. The molecule has 0 aromatic rings. The molecule has 0 aliphatic carbocycles. The summed E-state index contributed by atoms with van der Waals surface area (Å²) in [6, 6.07) is 0. The van der Waals surface area contributed by atoms with Gasteiger partial charge in [-0.25, -0.2) is 4.79 Å². The van der Waals surface area contributed by atoms with Gasteiger partial charge in [0.2, 0.25) is 0 Å². The molecule has 0 amide bonds. The van der Waals surface area contributed by atoms with E-state index in [1.165, 1.54) is 0 Å². The van der Waals surface area contributed by atoms with Gasteiger partial charge in [0.05, 0.1) is 0 Å². The summed E-state index contributed by atoms with van der Waals surface area (Å²) in [7, 11) is 0. The third-order valence-electron chi connectivity index (χ3n) is 0.274. The van der Waals surface area contributed by atoms with Gasteiger partial charge in [-0.05, 0) is 0 Å². The van der Waals surface area contributed by atoms with Crippen LogP contribution >= 0.6 is 0 Å². The van der Waals surface area contributed by atoms with Crippen LogP contribution in [-0.4, -0.2) is 22.8 Å². The normalized spacial score (nSPS) is 6.43. The van der Waals surface area contributed by atoms with E-state index in [0.717, 1.165) is 0 Å². The van der Waals surface area contributed by atoms with Gasteiger partial charge in [0.1, 0.15) is 6.61 Å². The second kappa shape index (κ2) is 3.19. The molecule has 0 bridgehead atoms. The van der Waals surface area contributed by atoms with Gasteiger partial charge in [0.25, 0.3) is 0 Å². The van der Waals surface area contributed by atoms with E-state index in [2.05, 4.69) is 0 Å². The highest BCUT2D eigenvalue weighted by Crippen LogP contribution is 1.53. The molecule has 0 aliphatic heterocycles. The zero-order chi connectivity index (χ0) is 5.70. The van der Waals surface area contributed by atoms with Gasteiger partial charge < -0.3 is 10.2 Å². The molecule has 7 heavy (non-hydrogen) atoms. The molecule has 0 aromatic carbocycles. The maximum absolute atomic E-state index is 9.47. The summed E-state index contributed by atoms with van der Waals surface area (Å²) in [5, 5.41) is 15.6. The summed E-state index contributed by atoms with van der Waals surface area (Å²) < 4.78 is 0. The first-order valence-electron chi connectivity index (χ1n) is 1.60. The lowest BCUT2D eigenvalue weighted by Gasteiger charge is -1.67. The molecule has 0 rings (SSSR count). The Morgan fingerprint density at radius 3 is 2.43 bits per heavy atom. The SMILES string of the molecule is O=C(O)C#CCO. The number of aliphatic hydroxyl groups is 1. The highest BCUT2D eigenvalue weighted by atomic mass is 16.4. The minimum absolute atomic E-state index is 0.397. The van der Waals surface area contributed by atoms with Crippen molar-refractivity contribution < 1.29 is 15.0 Å². The van der Waals surface area contributed by atoms with E-state index in [4.69, 9.17) is 10.2 Å². The zero-order valence-corrected chi connectivity index (χ0v) is 3.51. The van der Waals surface area contributed by atoms with Crippen LogP contribution in [-0.2, 0) is 4.79 Å². The van der Waals surface area contributed by atoms with E-state index in [0.29, 0.717) is 0 Å². The third-order valence-corrected chi connectivity index (χ3v) is 0.274. The molecule has 38 valence electrons. The van der Waals surface area contributed by atoms with Crippen molar-refractivity contribution in [1.82, 2.24) is 0 Å². The molecule has 0 aliphatic rings. The van der Waals surface area contributed by atoms with Crippen LogP contribution in [0.1, 0.15) is 0 Å². The van der Waals surface area contributed by atoms with Crippen molar-refractivity contribution in [1.29, 1.82) is 0 Å². The first-order chi connectivity index (χ1) is 3.27. The summed E-state index contributed by atoms with van der Waals surface area (Å²) in [6.45, 7) is -0.397. The standard InChI is InChI=1S/C4H4O3/c5-3-1-2-4(6)7/h5H,3H2,(H,6,7). The summed E-state index contributed by atoms with van der Waals surface area (Å²) in [6.07, 6.45) is 0. The molecule has 0 atom stereocenters. The number of hydrogen-bond donors (Lipinski definition) is 2. The predicted molar refractivity (Wildman–Crippen MR) is 22.5 cm³/mol. The molecule has 3 nitrogen and oxygen atoms in total. The Labute approximate surface area is 40.6 Å². The Hall–Kier alpha value is -1.01. The number of aliphatic carboxylic acids is 1. The van der Waals surface area contributed by atoms with E-state index in [1.807, 2.05) is 5.92 Å². The lowest BCUT2D eigenvalue weighted by atomic mass is 10.6. The van der Waals surface area contributed by atoms with Gasteiger partial charge >= 0.3 is 5.97 Å². The molecule has 3 heteroatoms. The second-order valence-corrected chi connectivity index (χ2v) is 0.765. The van der Waals surface area contributed by atoms with Crippen molar-refractivity contribution in [2.75, 3.05) is 6.61 Å². The van der Waals surface area contributed by atoms with Gasteiger partial charge in [-0.15, -0.1) is 0 Å². The van der Waals surface area contributed by atoms with Crippen LogP contribution in [0.25, 0.3) is 0 Å². The Bertz CT molecular complexity index is 117. The van der Waals surface area contributed by atoms with Gasteiger partial charge in [-0.1, -0.05) is 5.92 Å². The number of rotatable bonds is 0. The van der Waals surface area contributed by atoms with Crippen LogP contribution in [0.15, 0.2) is 0 Å². The molecule has 0 spiro atoms. The lowest BCUT2D eigenvalue weighted by Crippen LogP contribution is -1.87. The fourth-order valence-electron chi connectivity index (χ4n) is 0.115. The van der Waals surface area contributed by atoms with E-state index in [9.17, 15) is 4.79 Å². The van der Waals surface area contributed by atoms with E-state index in [1.54, 1.807) is 5.92 Å². The maximum Gasteiger partial charge on any atom is 0.381 e. The van der Waals surface area contributed by atoms with Crippen molar-refractivity contribution in [2.24, 2.45) is 0 Å². The molecule has 0 aromatic heterocycles. The van der Waals surface area contributed by atoms with Crippen LogP contribution in [0.2, 0.25) is 0 Å². The minimum atomic E-state index is -1.21. The van der Waals surface area contributed by atoms with Crippen LogP contribution in [0.5, 0.6) is 0 Å². The Morgan fingerprint density at radius 2 is 2.29 bits per heavy atom. The average Bonchev–Trinajstić information content (AvgIpc) is 1.61. The summed E-state index contributed by atoms with van der Waals surface area (Å²) in [5.41, 5.74) is 0. The minimum Gasteiger partial charge on any atom is -0.472 e. The van der Waals surface area contributed by atoms with Crippen LogP contribution < -0.4 is 0 Å².